The highest BCUT2D eigenvalue weighted by atomic mass is 16.1. The zero-order valence-corrected chi connectivity index (χ0v) is 11.8. The van der Waals surface area contributed by atoms with Crippen molar-refractivity contribution in [2.45, 2.75) is 25.4 Å². The summed E-state index contributed by atoms with van der Waals surface area (Å²) in [6.07, 6.45) is 2.60. The molecule has 1 saturated heterocycles. The van der Waals surface area contributed by atoms with Crippen LogP contribution in [0.3, 0.4) is 0 Å². The number of benzene rings is 1. The Balaban J connectivity index is 1.78. The van der Waals surface area contributed by atoms with E-state index in [1.165, 1.54) is 24.9 Å². The lowest BCUT2D eigenvalue weighted by atomic mass is 10.1. The first kappa shape index (κ1) is 14.0. The van der Waals surface area contributed by atoms with Crippen molar-refractivity contribution in [3.05, 3.63) is 35.4 Å². The number of carbonyl (C=O) groups is 1. The fraction of sp³-hybridized carbons (Fsp3) is 0.533. The molecule has 2 rings (SSSR count). The van der Waals surface area contributed by atoms with Crippen molar-refractivity contribution in [3.8, 4) is 0 Å². The molecular formula is C15H23N3O. The molecule has 0 aromatic heterocycles. The summed E-state index contributed by atoms with van der Waals surface area (Å²) in [5.41, 5.74) is 1.93. The van der Waals surface area contributed by atoms with Gasteiger partial charge in [-0.2, -0.15) is 0 Å². The van der Waals surface area contributed by atoms with Crippen LogP contribution in [-0.4, -0.2) is 44.0 Å². The monoisotopic (exact) mass is 261 g/mol. The van der Waals surface area contributed by atoms with Gasteiger partial charge in [-0.25, -0.2) is 0 Å². The molecule has 0 spiro atoms. The first-order valence-corrected chi connectivity index (χ1v) is 6.92. The molecule has 1 aliphatic heterocycles. The molecule has 1 unspecified atom stereocenters. The van der Waals surface area contributed by atoms with Crippen molar-refractivity contribution in [1.29, 1.82) is 0 Å². The van der Waals surface area contributed by atoms with Gasteiger partial charge in [0.2, 0.25) is 0 Å². The van der Waals surface area contributed by atoms with Gasteiger partial charge in [0.15, 0.2) is 0 Å². The van der Waals surface area contributed by atoms with Crippen LogP contribution < -0.4 is 10.6 Å². The predicted octanol–water partition coefficient (Wildman–Crippen LogP) is 1.23. The van der Waals surface area contributed by atoms with Crippen LogP contribution in [0.4, 0.5) is 0 Å². The molecule has 1 atom stereocenters. The van der Waals surface area contributed by atoms with Crippen molar-refractivity contribution >= 4 is 5.91 Å². The minimum Gasteiger partial charge on any atom is -0.355 e. The molecule has 2 N–H and O–H groups in total. The average molecular weight is 261 g/mol. The number of rotatable bonds is 5. The molecule has 0 radical (unpaired) electrons. The molecule has 1 heterocycles. The first-order chi connectivity index (χ1) is 9.20. The Morgan fingerprint density at radius 3 is 2.68 bits per heavy atom. The topological polar surface area (TPSA) is 44.4 Å². The largest absolute Gasteiger partial charge is 0.355 e. The van der Waals surface area contributed by atoms with Crippen molar-refractivity contribution in [2.24, 2.45) is 0 Å². The van der Waals surface area contributed by atoms with E-state index in [9.17, 15) is 4.79 Å². The fourth-order valence-corrected chi connectivity index (χ4v) is 2.54. The van der Waals surface area contributed by atoms with E-state index in [0.717, 1.165) is 13.1 Å². The lowest BCUT2D eigenvalue weighted by Gasteiger charge is -2.19. The van der Waals surface area contributed by atoms with Gasteiger partial charge in [0.25, 0.3) is 5.91 Å². The second-order valence-electron chi connectivity index (χ2n) is 5.18. The van der Waals surface area contributed by atoms with Gasteiger partial charge in [0, 0.05) is 31.7 Å². The summed E-state index contributed by atoms with van der Waals surface area (Å²) < 4.78 is 0. The van der Waals surface area contributed by atoms with Crippen molar-refractivity contribution in [3.63, 3.8) is 0 Å². The van der Waals surface area contributed by atoms with Gasteiger partial charge in [-0.1, -0.05) is 12.1 Å². The maximum atomic E-state index is 11.4. The molecule has 4 nitrogen and oxygen atoms in total. The summed E-state index contributed by atoms with van der Waals surface area (Å²) in [7, 11) is 3.84. The van der Waals surface area contributed by atoms with Gasteiger partial charge < -0.3 is 15.5 Å². The van der Waals surface area contributed by atoms with Crippen LogP contribution in [0.2, 0.25) is 0 Å². The zero-order valence-electron chi connectivity index (χ0n) is 11.8. The fourth-order valence-electron chi connectivity index (χ4n) is 2.54. The molecular weight excluding hydrogens is 238 g/mol. The van der Waals surface area contributed by atoms with Gasteiger partial charge in [0.05, 0.1) is 0 Å². The van der Waals surface area contributed by atoms with E-state index in [4.69, 9.17) is 0 Å². The molecule has 1 aromatic rings. The van der Waals surface area contributed by atoms with E-state index in [-0.39, 0.29) is 5.91 Å². The summed E-state index contributed by atoms with van der Waals surface area (Å²) in [6, 6.07) is 8.44. The highest BCUT2D eigenvalue weighted by Crippen LogP contribution is 2.13. The van der Waals surface area contributed by atoms with E-state index in [2.05, 4.69) is 22.6 Å². The lowest BCUT2D eigenvalue weighted by Crippen LogP contribution is -2.35. The molecule has 0 saturated carbocycles. The van der Waals surface area contributed by atoms with E-state index < -0.39 is 0 Å². The maximum absolute atomic E-state index is 11.4. The Morgan fingerprint density at radius 1 is 1.37 bits per heavy atom. The molecule has 104 valence electrons. The third-order valence-corrected chi connectivity index (χ3v) is 3.82. The smallest absolute Gasteiger partial charge is 0.251 e. The highest BCUT2D eigenvalue weighted by Gasteiger charge is 2.19. The number of amides is 1. The lowest BCUT2D eigenvalue weighted by molar-refractivity contribution is 0.0963. The first-order valence-electron chi connectivity index (χ1n) is 6.92. The number of hydrogen-bond donors (Lipinski definition) is 2. The number of nitrogens with zero attached hydrogens (tertiary/aromatic N) is 1. The van der Waals surface area contributed by atoms with Crippen LogP contribution in [0.5, 0.6) is 0 Å². The van der Waals surface area contributed by atoms with Gasteiger partial charge in [-0.15, -0.1) is 0 Å². The molecule has 4 heteroatoms. The molecule has 0 aliphatic carbocycles. The Labute approximate surface area is 115 Å². The minimum atomic E-state index is -0.0351. The highest BCUT2D eigenvalue weighted by molar-refractivity contribution is 5.93. The second kappa shape index (κ2) is 6.68. The standard InChI is InChI=1S/C15H23N3O/c1-16-15(19)13-7-5-12(6-8-13)10-17-11-14-4-3-9-18(14)2/h5-8,14,17H,3-4,9-11H2,1-2H3,(H,16,19). The summed E-state index contributed by atoms with van der Waals surface area (Å²) in [5.74, 6) is -0.0351. The van der Waals surface area contributed by atoms with E-state index in [1.54, 1.807) is 7.05 Å². The van der Waals surface area contributed by atoms with Crippen LogP contribution in [0, 0.1) is 0 Å². The molecule has 1 fully saturated rings. The van der Waals surface area contributed by atoms with E-state index in [0.29, 0.717) is 11.6 Å². The quantitative estimate of drug-likeness (QED) is 0.838. The molecule has 1 aromatic carbocycles. The normalized spacial score (nSPS) is 19.6. The minimum absolute atomic E-state index is 0.0351. The van der Waals surface area contributed by atoms with Crippen LogP contribution in [-0.2, 0) is 6.54 Å². The SMILES string of the molecule is CNC(=O)c1ccc(CNCC2CCCN2C)cc1. The molecule has 19 heavy (non-hydrogen) atoms. The zero-order chi connectivity index (χ0) is 13.7. The van der Waals surface area contributed by atoms with Crippen LogP contribution >= 0.6 is 0 Å². The maximum Gasteiger partial charge on any atom is 0.251 e. The van der Waals surface area contributed by atoms with Crippen LogP contribution in [0.25, 0.3) is 0 Å². The van der Waals surface area contributed by atoms with E-state index >= 15 is 0 Å². The Bertz CT molecular complexity index is 416. The average Bonchev–Trinajstić information content (AvgIpc) is 2.84. The molecule has 0 bridgehead atoms. The van der Waals surface area contributed by atoms with E-state index in [1.807, 2.05) is 24.3 Å². The predicted molar refractivity (Wildman–Crippen MR) is 77.2 cm³/mol. The van der Waals surface area contributed by atoms with Crippen molar-refractivity contribution in [1.82, 2.24) is 15.5 Å². The van der Waals surface area contributed by atoms with Gasteiger partial charge in [0.1, 0.15) is 0 Å². The summed E-state index contributed by atoms with van der Waals surface area (Å²) in [5, 5.41) is 6.12. The van der Waals surface area contributed by atoms with Gasteiger partial charge in [-0.3, -0.25) is 4.79 Å². The Kier molecular flexibility index (Phi) is 4.93. The summed E-state index contributed by atoms with van der Waals surface area (Å²) in [6.45, 7) is 3.11. The Hall–Kier alpha value is -1.39. The number of carbonyl (C=O) groups excluding carboxylic acids is 1. The number of likely N-dealkylation sites (N-methyl/N-ethyl adjacent to an activating group) is 1. The number of nitrogens with one attached hydrogen (secondary N) is 2. The van der Waals surface area contributed by atoms with Crippen LogP contribution in [0.15, 0.2) is 24.3 Å². The summed E-state index contributed by atoms with van der Waals surface area (Å²) in [4.78, 5) is 13.8. The number of likely N-dealkylation sites (tertiary alicyclic amines) is 1. The summed E-state index contributed by atoms with van der Waals surface area (Å²) >= 11 is 0. The van der Waals surface area contributed by atoms with Gasteiger partial charge >= 0.3 is 0 Å². The molecule has 1 aliphatic rings. The number of hydrogen-bond acceptors (Lipinski definition) is 3. The van der Waals surface area contributed by atoms with Crippen LogP contribution in [0.1, 0.15) is 28.8 Å². The molecule has 1 amide bonds. The van der Waals surface area contributed by atoms with Gasteiger partial charge in [-0.05, 0) is 44.1 Å². The third kappa shape index (κ3) is 3.78. The third-order valence-electron chi connectivity index (χ3n) is 3.82. The second-order valence-corrected chi connectivity index (χ2v) is 5.18. The Morgan fingerprint density at radius 2 is 2.11 bits per heavy atom. The van der Waals surface area contributed by atoms with Crippen molar-refractivity contribution < 1.29 is 4.79 Å². The van der Waals surface area contributed by atoms with Crippen molar-refractivity contribution in [2.75, 3.05) is 27.2 Å².